The molecule has 1 saturated heterocycles. The number of hydrogen-bond acceptors (Lipinski definition) is 4. The quantitative estimate of drug-likeness (QED) is 0.603. The number of benzene rings is 2. The van der Waals surface area contributed by atoms with Crippen LogP contribution in [0.3, 0.4) is 0 Å². The van der Waals surface area contributed by atoms with Crippen molar-refractivity contribution in [2.75, 3.05) is 18.4 Å². The summed E-state index contributed by atoms with van der Waals surface area (Å²) in [7, 11) is 0. The minimum atomic E-state index is -1.66. The van der Waals surface area contributed by atoms with Gasteiger partial charge in [0.1, 0.15) is 6.04 Å². The highest BCUT2D eigenvalue weighted by atomic mass is 19.2. The van der Waals surface area contributed by atoms with E-state index in [9.17, 15) is 22.8 Å². The summed E-state index contributed by atoms with van der Waals surface area (Å²) >= 11 is 0. The molecule has 6 nitrogen and oxygen atoms in total. The van der Waals surface area contributed by atoms with E-state index in [1.165, 1.54) is 4.90 Å². The molecule has 0 radical (unpaired) electrons. The normalized spacial score (nSPS) is 18.3. The van der Waals surface area contributed by atoms with Gasteiger partial charge in [-0.25, -0.2) is 24.0 Å². The maximum absolute atomic E-state index is 13.8. The summed E-state index contributed by atoms with van der Waals surface area (Å²) in [5, 5.41) is 2.20. The van der Waals surface area contributed by atoms with Gasteiger partial charge in [0.05, 0.1) is 12.2 Å². The second-order valence-corrected chi connectivity index (χ2v) is 7.07. The Hall–Kier alpha value is -2.91. The van der Waals surface area contributed by atoms with E-state index in [1.807, 2.05) is 37.3 Å². The van der Waals surface area contributed by atoms with Crippen LogP contribution in [-0.2, 0) is 9.59 Å². The van der Waals surface area contributed by atoms with Crippen molar-refractivity contribution in [2.24, 2.45) is 0 Å². The standard InChI is InChI=1S/C21H23F3N4O2/c1-2-10-28(12-18(29)25-15-9-8-14(22)19(23)20(15)24)21(30)17-11-16(26-27-17)13-6-4-3-5-7-13/h3-9,16-17,26-27H,2,10-12H2,1H3,(H,25,29). The second kappa shape index (κ2) is 9.73. The summed E-state index contributed by atoms with van der Waals surface area (Å²) in [5.74, 6) is -5.47. The summed E-state index contributed by atoms with van der Waals surface area (Å²) in [4.78, 5) is 26.6. The molecule has 1 aliphatic rings. The van der Waals surface area contributed by atoms with Crippen LogP contribution < -0.4 is 16.2 Å². The Morgan fingerprint density at radius 2 is 1.80 bits per heavy atom. The minimum absolute atomic E-state index is 0.0475. The van der Waals surface area contributed by atoms with Gasteiger partial charge in [-0.1, -0.05) is 37.3 Å². The zero-order valence-electron chi connectivity index (χ0n) is 16.4. The van der Waals surface area contributed by atoms with E-state index in [1.54, 1.807) is 0 Å². The number of hydrazine groups is 1. The van der Waals surface area contributed by atoms with Gasteiger partial charge in [0.25, 0.3) is 0 Å². The lowest BCUT2D eigenvalue weighted by Gasteiger charge is -2.24. The van der Waals surface area contributed by atoms with E-state index in [2.05, 4.69) is 16.2 Å². The molecule has 3 N–H and O–H groups in total. The van der Waals surface area contributed by atoms with Crippen LogP contribution >= 0.6 is 0 Å². The number of nitrogens with one attached hydrogen (secondary N) is 3. The molecule has 2 unspecified atom stereocenters. The molecule has 0 saturated carbocycles. The van der Waals surface area contributed by atoms with Crippen LogP contribution in [0.25, 0.3) is 0 Å². The van der Waals surface area contributed by atoms with Crippen molar-refractivity contribution in [3.05, 3.63) is 65.5 Å². The number of carbonyl (C=O) groups is 2. The molecule has 2 aromatic rings. The Labute approximate surface area is 172 Å². The molecule has 1 fully saturated rings. The van der Waals surface area contributed by atoms with Crippen molar-refractivity contribution in [3.8, 4) is 0 Å². The number of anilines is 1. The molecule has 0 spiro atoms. The maximum atomic E-state index is 13.8. The van der Waals surface area contributed by atoms with Gasteiger partial charge in [0.15, 0.2) is 17.5 Å². The average molecular weight is 420 g/mol. The number of halogens is 3. The van der Waals surface area contributed by atoms with Gasteiger partial charge in [-0.3, -0.25) is 9.59 Å². The average Bonchev–Trinajstić information content (AvgIpc) is 3.24. The molecule has 1 heterocycles. The SMILES string of the molecule is CCCN(CC(=O)Nc1ccc(F)c(F)c1F)C(=O)C1CC(c2ccccc2)NN1. The highest BCUT2D eigenvalue weighted by molar-refractivity contribution is 5.95. The van der Waals surface area contributed by atoms with Crippen molar-refractivity contribution in [2.45, 2.75) is 31.8 Å². The van der Waals surface area contributed by atoms with Gasteiger partial charge in [-0.2, -0.15) is 0 Å². The first-order chi connectivity index (χ1) is 14.4. The lowest BCUT2D eigenvalue weighted by molar-refractivity contribution is -0.136. The van der Waals surface area contributed by atoms with E-state index >= 15 is 0 Å². The summed E-state index contributed by atoms with van der Waals surface area (Å²) < 4.78 is 40.2. The van der Waals surface area contributed by atoms with Crippen LogP contribution in [0.15, 0.2) is 42.5 Å². The van der Waals surface area contributed by atoms with Gasteiger partial charge >= 0.3 is 0 Å². The number of hydrogen-bond donors (Lipinski definition) is 3. The molecule has 30 heavy (non-hydrogen) atoms. The molecular formula is C21H23F3N4O2. The van der Waals surface area contributed by atoms with Crippen molar-refractivity contribution in [1.82, 2.24) is 15.8 Å². The number of carbonyl (C=O) groups excluding carboxylic acids is 2. The molecule has 9 heteroatoms. The molecule has 3 rings (SSSR count). The molecule has 0 aliphatic carbocycles. The Kier molecular flexibility index (Phi) is 7.07. The first-order valence-corrected chi connectivity index (χ1v) is 9.68. The van der Waals surface area contributed by atoms with E-state index in [4.69, 9.17) is 0 Å². The number of nitrogens with zero attached hydrogens (tertiary/aromatic N) is 1. The molecule has 0 aromatic heterocycles. The van der Waals surface area contributed by atoms with Gasteiger partial charge < -0.3 is 10.2 Å². The number of rotatable bonds is 7. The Morgan fingerprint density at radius 3 is 2.50 bits per heavy atom. The third kappa shape index (κ3) is 4.98. The maximum Gasteiger partial charge on any atom is 0.244 e. The van der Waals surface area contributed by atoms with Crippen molar-refractivity contribution >= 4 is 17.5 Å². The van der Waals surface area contributed by atoms with Crippen molar-refractivity contribution in [1.29, 1.82) is 0 Å². The van der Waals surface area contributed by atoms with Crippen LogP contribution in [0.1, 0.15) is 31.4 Å². The molecular weight excluding hydrogens is 397 g/mol. The monoisotopic (exact) mass is 420 g/mol. The van der Waals surface area contributed by atoms with Gasteiger partial charge in [-0.05, 0) is 30.5 Å². The fourth-order valence-corrected chi connectivity index (χ4v) is 3.37. The van der Waals surface area contributed by atoms with Gasteiger partial charge in [0.2, 0.25) is 11.8 Å². The first kappa shape index (κ1) is 21.8. The van der Waals surface area contributed by atoms with Crippen LogP contribution in [0.4, 0.5) is 18.9 Å². The van der Waals surface area contributed by atoms with E-state index in [0.717, 1.165) is 17.7 Å². The fourth-order valence-electron chi connectivity index (χ4n) is 3.37. The van der Waals surface area contributed by atoms with Gasteiger partial charge in [0, 0.05) is 12.6 Å². The third-order valence-corrected chi connectivity index (χ3v) is 4.85. The molecule has 160 valence electrons. The predicted molar refractivity (Wildman–Crippen MR) is 106 cm³/mol. The second-order valence-electron chi connectivity index (χ2n) is 7.07. The first-order valence-electron chi connectivity index (χ1n) is 9.68. The highest BCUT2D eigenvalue weighted by Gasteiger charge is 2.33. The highest BCUT2D eigenvalue weighted by Crippen LogP contribution is 2.23. The largest absolute Gasteiger partial charge is 0.332 e. The van der Waals surface area contributed by atoms with Crippen LogP contribution in [0.5, 0.6) is 0 Å². The summed E-state index contributed by atoms with van der Waals surface area (Å²) in [6, 6.07) is 10.7. The summed E-state index contributed by atoms with van der Waals surface area (Å²) in [5.41, 5.74) is 6.61. The molecule has 2 amide bonds. The lowest BCUT2D eigenvalue weighted by atomic mass is 10.0. The molecule has 0 bridgehead atoms. The predicted octanol–water partition coefficient (Wildman–Crippen LogP) is 2.89. The number of amides is 2. The topological polar surface area (TPSA) is 73.5 Å². The van der Waals surface area contributed by atoms with Crippen molar-refractivity contribution in [3.63, 3.8) is 0 Å². The fraction of sp³-hybridized carbons (Fsp3) is 0.333. The third-order valence-electron chi connectivity index (χ3n) is 4.85. The zero-order valence-corrected chi connectivity index (χ0v) is 16.4. The summed E-state index contributed by atoms with van der Waals surface area (Å²) in [6.07, 6.45) is 1.11. The van der Waals surface area contributed by atoms with E-state index in [-0.39, 0.29) is 18.5 Å². The Morgan fingerprint density at radius 1 is 1.07 bits per heavy atom. The minimum Gasteiger partial charge on any atom is -0.332 e. The Bertz CT molecular complexity index is 911. The van der Waals surface area contributed by atoms with Gasteiger partial charge in [-0.15, -0.1) is 0 Å². The Balaban J connectivity index is 1.63. The van der Waals surface area contributed by atoms with E-state index in [0.29, 0.717) is 19.4 Å². The van der Waals surface area contributed by atoms with Crippen LogP contribution in [0, 0.1) is 17.5 Å². The van der Waals surface area contributed by atoms with Crippen LogP contribution in [-0.4, -0.2) is 35.8 Å². The molecule has 1 aliphatic heterocycles. The molecule has 2 aromatic carbocycles. The smallest absolute Gasteiger partial charge is 0.244 e. The van der Waals surface area contributed by atoms with Crippen LogP contribution in [0.2, 0.25) is 0 Å². The zero-order chi connectivity index (χ0) is 21.7. The van der Waals surface area contributed by atoms with Crippen molar-refractivity contribution < 1.29 is 22.8 Å². The lowest BCUT2D eigenvalue weighted by Crippen LogP contribution is -2.48. The van der Waals surface area contributed by atoms with E-state index < -0.39 is 35.1 Å². The summed E-state index contributed by atoms with van der Waals surface area (Å²) in [6.45, 7) is 1.85. The molecule has 2 atom stereocenters.